The number of ether oxygens (including phenoxy) is 1. The molecule has 6 nitrogen and oxygen atoms in total. The number of nitrogens with zero attached hydrogens (tertiary/aromatic N) is 3. The van der Waals surface area contributed by atoms with E-state index in [0.29, 0.717) is 22.9 Å². The highest BCUT2D eigenvalue weighted by Gasteiger charge is 2.36. The van der Waals surface area contributed by atoms with Crippen LogP contribution in [-0.2, 0) is 10.0 Å². The van der Waals surface area contributed by atoms with Crippen LogP contribution < -0.4 is 18.8 Å². The summed E-state index contributed by atoms with van der Waals surface area (Å²) in [5.41, 5.74) is 2.63. The molecule has 0 amide bonds. The molecular formula is C21H27N3O3S. The van der Waals surface area contributed by atoms with E-state index in [-0.39, 0.29) is 6.04 Å². The first-order valence-corrected chi connectivity index (χ1v) is 11.1. The molecule has 2 aromatic rings. The summed E-state index contributed by atoms with van der Waals surface area (Å²) in [5, 5.41) is 0. The second kappa shape index (κ2) is 7.20. The zero-order valence-electron chi connectivity index (χ0n) is 16.6. The van der Waals surface area contributed by atoms with Crippen LogP contribution in [0.25, 0.3) is 0 Å². The van der Waals surface area contributed by atoms with E-state index in [2.05, 4.69) is 9.80 Å². The Morgan fingerprint density at radius 1 is 1.00 bits per heavy atom. The fraction of sp³-hybridized carbons (Fsp3) is 0.429. The first-order chi connectivity index (χ1) is 13.4. The van der Waals surface area contributed by atoms with Crippen LogP contribution in [0.5, 0.6) is 5.75 Å². The van der Waals surface area contributed by atoms with E-state index in [1.54, 1.807) is 23.5 Å². The van der Waals surface area contributed by atoms with Crippen LogP contribution in [0.4, 0.5) is 17.1 Å². The molecule has 1 unspecified atom stereocenters. The Hall–Kier alpha value is -2.41. The summed E-state index contributed by atoms with van der Waals surface area (Å²) in [5.74, 6) is 0.715. The van der Waals surface area contributed by atoms with Crippen molar-refractivity contribution in [3.63, 3.8) is 0 Å². The molecule has 0 bridgehead atoms. The minimum absolute atomic E-state index is 0.172. The van der Waals surface area contributed by atoms with Gasteiger partial charge in [0, 0.05) is 38.4 Å². The number of likely N-dealkylation sites (N-methyl/N-ethyl adjacent to an activating group) is 1. The maximum atomic E-state index is 13.5. The van der Waals surface area contributed by atoms with Gasteiger partial charge in [0.1, 0.15) is 5.75 Å². The van der Waals surface area contributed by atoms with Crippen LogP contribution in [0.1, 0.15) is 19.8 Å². The number of sulfonamides is 1. The molecule has 4 rings (SSSR count). The van der Waals surface area contributed by atoms with E-state index in [0.717, 1.165) is 24.5 Å². The van der Waals surface area contributed by atoms with Gasteiger partial charge in [0.15, 0.2) is 0 Å². The van der Waals surface area contributed by atoms with E-state index in [9.17, 15) is 8.42 Å². The molecule has 1 fully saturated rings. The molecule has 2 heterocycles. The molecule has 7 heteroatoms. The molecule has 2 aromatic carbocycles. The van der Waals surface area contributed by atoms with Gasteiger partial charge in [0.05, 0.1) is 29.4 Å². The Balaban J connectivity index is 1.71. The van der Waals surface area contributed by atoms with Crippen molar-refractivity contribution < 1.29 is 13.2 Å². The Morgan fingerprint density at radius 2 is 1.68 bits per heavy atom. The third-order valence-electron chi connectivity index (χ3n) is 5.63. The molecule has 0 saturated carbocycles. The van der Waals surface area contributed by atoms with Gasteiger partial charge in [-0.3, -0.25) is 4.31 Å². The normalized spacial score (nSPS) is 19.7. The van der Waals surface area contributed by atoms with Gasteiger partial charge in [0.25, 0.3) is 10.0 Å². The first kappa shape index (κ1) is 18.9. The zero-order valence-corrected chi connectivity index (χ0v) is 17.4. The molecule has 0 aliphatic carbocycles. The predicted octanol–water partition coefficient (Wildman–Crippen LogP) is 3.33. The van der Waals surface area contributed by atoms with Gasteiger partial charge < -0.3 is 14.5 Å². The molecule has 1 atom stereocenters. The summed E-state index contributed by atoms with van der Waals surface area (Å²) < 4.78 is 33.9. The fourth-order valence-electron chi connectivity index (χ4n) is 4.21. The predicted molar refractivity (Wildman–Crippen MR) is 113 cm³/mol. The molecule has 28 heavy (non-hydrogen) atoms. The lowest BCUT2D eigenvalue weighted by Gasteiger charge is -2.41. The molecule has 0 aromatic heterocycles. The van der Waals surface area contributed by atoms with Crippen LogP contribution in [0.2, 0.25) is 0 Å². The van der Waals surface area contributed by atoms with E-state index >= 15 is 0 Å². The second-order valence-corrected chi connectivity index (χ2v) is 9.39. The van der Waals surface area contributed by atoms with Gasteiger partial charge in [-0.15, -0.1) is 0 Å². The van der Waals surface area contributed by atoms with E-state index in [1.165, 1.54) is 12.8 Å². The van der Waals surface area contributed by atoms with Crippen LogP contribution >= 0.6 is 0 Å². The fourth-order valence-corrected chi connectivity index (χ4v) is 5.87. The van der Waals surface area contributed by atoms with Crippen molar-refractivity contribution in [2.45, 2.75) is 30.7 Å². The summed E-state index contributed by atoms with van der Waals surface area (Å²) in [6.45, 7) is 4.64. The van der Waals surface area contributed by atoms with Gasteiger partial charge in [-0.1, -0.05) is 0 Å². The Kier molecular flexibility index (Phi) is 4.87. The maximum Gasteiger partial charge on any atom is 0.264 e. The molecule has 0 spiro atoms. The highest BCUT2D eigenvalue weighted by atomic mass is 32.2. The topological polar surface area (TPSA) is 53.1 Å². The minimum Gasteiger partial charge on any atom is -0.497 e. The van der Waals surface area contributed by atoms with Crippen molar-refractivity contribution in [3.05, 3.63) is 42.5 Å². The number of hydrogen-bond donors (Lipinski definition) is 0. The van der Waals surface area contributed by atoms with Crippen molar-refractivity contribution in [1.29, 1.82) is 0 Å². The van der Waals surface area contributed by atoms with Crippen LogP contribution in [0.15, 0.2) is 47.4 Å². The van der Waals surface area contributed by atoms with Crippen molar-refractivity contribution in [1.82, 2.24) is 0 Å². The van der Waals surface area contributed by atoms with Crippen molar-refractivity contribution in [3.8, 4) is 5.75 Å². The largest absolute Gasteiger partial charge is 0.497 e. The molecule has 2 aliphatic rings. The van der Waals surface area contributed by atoms with Crippen LogP contribution in [0, 0.1) is 0 Å². The number of anilines is 3. The summed E-state index contributed by atoms with van der Waals surface area (Å²) in [4.78, 5) is 4.70. The molecule has 0 radical (unpaired) electrons. The van der Waals surface area contributed by atoms with E-state index in [4.69, 9.17) is 4.74 Å². The van der Waals surface area contributed by atoms with Gasteiger partial charge in [-0.25, -0.2) is 8.42 Å². The van der Waals surface area contributed by atoms with Gasteiger partial charge in [-0.05, 0) is 56.2 Å². The van der Waals surface area contributed by atoms with Crippen molar-refractivity contribution in [2.24, 2.45) is 0 Å². The maximum absolute atomic E-state index is 13.5. The molecule has 1 saturated heterocycles. The first-order valence-electron chi connectivity index (χ1n) is 9.70. The third kappa shape index (κ3) is 3.17. The average Bonchev–Trinajstić information content (AvgIpc) is 3.22. The SMILES string of the molecule is COc1ccc2c(c1)N(C)CC(C)N2S(=O)(=O)c1ccc(N2CCCC2)cc1. The van der Waals surface area contributed by atoms with Gasteiger partial charge >= 0.3 is 0 Å². The highest BCUT2D eigenvalue weighted by molar-refractivity contribution is 7.92. The lowest BCUT2D eigenvalue weighted by molar-refractivity contribution is 0.414. The monoisotopic (exact) mass is 401 g/mol. The summed E-state index contributed by atoms with van der Waals surface area (Å²) in [7, 11) is -0.0701. The van der Waals surface area contributed by atoms with Gasteiger partial charge in [0.2, 0.25) is 0 Å². The average molecular weight is 402 g/mol. The minimum atomic E-state index is -3.66. The van der Waals surface area contributed by atoms with Crippen molar-refractivity contribution in [2.75, 3.05) is 47.9 Å². The number of fused-ring (bicyclic) bond motifs is 1. The molecule has 0 N–H and O–H groups in total. The lowest BCUT2D eigenvalue weighted by Crippen LogP contribution is -2.49. The number of methoxy groups -OCH3 is 1. The van der Waals surface area contributed by atoms with Gasteiger partial charge in [-0.2, -0.15) is 0 Å². The van der Waals surface area contributed by atoms with E-state index < -0.39 is 10.0 Å². The van der Waals surface area contributed by atoms with E-state index in [1.807, 2.05) is 44.3 Å². The smallest absolute Gasteiger partial charge is 0.264 e. The third-order valence-corrected chi connectivity index (χ3v) is 7.58. The standard InChI is InChI=1S/C21H27N3O3S/c1-16-15-22(2)21-14-18(27-3)8-11-20(21)24(16)28(25,26)19-9-6-17(7-10-19)23-12-4-5-13-23/h6-11,14,16H,4-5,12-13,15H2,1-3H3. The lowest BCUT2D eigenvalue weighted by atomic mass is 10.1. The molecular weight excluding hydrogens is 374 g/mol. The summed E-state index contributed by atoms with van der Waals surface area (Å²) in [6.07, 6.45) is 2.39. The van der Waals surface area contributed by atoms with Crippen molar-refractivity contribution >= 4 is 27.1 Å². The molecule has 150 valence electrons. The summed E-state index contributed by atoms with van der Waals surface area (Å²) in [6, 6.07) is 12.7. The van der Waals surface area contributed by atoms with Crippen LogP contribution in [-0.4, -0.2) is 48.3 Å². The number of benzene rings is 2. The Morgan fingerprint density at radius 3 is 2.32 bits per heavy atom. The van der Waals surface area contributed by atoms with Crippen LogP contribution in [0.3, 0.4) is 0 Å². The number of hydrogen-bond acceptors (Lipinski definition) is 5. The zero-order chi connectivity index (χ0) is 19.9. The second-order valence-electron chi connectivity index (χ2n) is 7.57. The number of rotatable bonds is 4. The highest BCUT2D eigenvalue weighted by Crippen LogP contribution is 2.40. The molecule has 2 aliphatic heterocycles. The Labute approximate surface area is 167 Å². The quantitative estimate of drug-likeness (QED) is 0.787. The Bertz CT molecular complexity index is 953. The summed E-state index contributed by atoms with van der Waals surface area (Å²) >= 11 is 0.